The van der Waals surface area contributed by atoms with E-state index >= 15 is 0 Å². The molecule has 3 rings (SSSR count). The van der Waals surface area contributed by atoms with Crippen molar-refractivity contribution in [3.63, 3.8) is 0 Å². The van der Waals surface area contributed by atoms with Crippen molar-refractivity contribution in [2.24, 2.45) is 0 Å². The average molecular weight is 375 g/mol. The number of para-hydroxylation sites is 3. The van der Waals surface area contributed by atoms with Gasteiger partial charge in [-0.2, -0.15) is 0 Å². The van der Waals surface area contributed by atoms with Gasteiger partial charge in [0.15, 0.2) is 0 Å². The zero-order chi connectivity index (χ0) is 19.9. The second-order valence-corrected chi connectivity index (χ2v) is 6.47. The van der Waals surface area contributed by atoms with Crippen LogP contribution in [-0.4, -0.2) is 17.9 Å². The van der Waals surface area contributed by atoms with Gasteiger partial charge >= 0.3 is 0 Å². The molecule has 0 atom stereocenters. The van der Waals surface area contributed by atoms with Crippen molar-refractivity contribution in [2.75, 3.05) is 17.3 Å². The molecule has 0 aliphatic carbocycles. The highest BCUT2D eigenvalue weighted by Gasteiger charge is 2.17. The summed E-state index contributed by atoms with van der Waals surface area (Å²) >= 11 is 0. The van der Waals surface area contributed by atoms with Crippen molar-refractivity contribution >= 4 is 23.0 Å². The minimum absolute atomic E-state index is 0.0490. The van der Waals surface area contributed by atoms with E-state index < -0.39 is 4.92 Å². The third-order valence-corrected chi connectivity index (χ3v) is 4.39. The summed E-state index contributed by atoms with van der Waals surface area (Å²) in [4.78, 5) is 25.3. The van der Waals surface area contributed by atoms with Gasteiger partial charge in [0, 0.05) is 25.2 Å². The number of nitrogens with zero attached hydrogens (tertiary/aromatic N) is 2. The Labute approximate surface area is 163 Å². The van der Waals surface area contributed by atoms with E-state index in [4.69, 9.17) is 0 Å². The maximum Gasteiger partial charge on any atom is 0.273 e. The molecule has 3 aromatic carbocycles. The van der Waals surface area contributed by atoms with Gasteiger partial charge in [-0.15, -0.1) is 0 Å². The largest absolute Gasteiger partial charge is 0.369 e. The van der Waals surface area contributed by atoms with Crippen LogP contribution >= 0.6 is 0 Å². The number of hydrogen-bond donors (Lipinski definition) is 1. The second kappa shape index (κ2) is 8.81. The van der Waals surface area contributed by atoms with Gasteiger partial charge in [-0.05, 0) is 17.7 Å². The maximum absolute atomic E-state index is 12.5. The lowest BCUT2D eigenvalue weighted by atomic mass is 10.1. The molecule has 142 valence electrons. The molecular weight excluding hydrogens is 354 g/mol. The van der Waals surface area contributed by atoms with Crippen molar-refractivity contribution in [1.29, 1.82) is 0 Å². The van der Waals surface area contributed by atoms with Crippen molar-refractivity contribution in [1.82, 2.24) is 0 Å². The fourth-order valence-electron chi connectivity index (χ4n) is 3.06. The molecule has 0 fully saturated rings. The standard InChI is InChI=1S/C22H21N3O3/c1-24(16-17-9-3-2-4-10-17)21-14-8-6-12-19(21)23-22(26)15-18-11-5-7-13-20(18)25(27)28/h2-14H,15-16H2,1H3,(H,23,26). The van der Waals surface area contributed by atoms with Gasteiger partial charge in [0.25, 0.3) is 5.69 Å². The van der Waals surface area contributed by atoms with Crippen molar-refractivity contribution < 1.29 is 9.72 Å². The van der Waals surface area contributed by atoms with Crippen molar-refractivity contribution in [3.8, 4) is 0 Å². The summed E-state index contributed by atoms with van der Waals surface area (Å²) in [5, 5.41) is 14.0. The molecule has 6 heteroatoms. The molecule has 0 aliphatic rings. The van der Waals surface area contributed by atoms with Crippen LogP contribution in [0.5, 0.6) is 0 Å². The van der Waals surface area contributed by atoms with Gasteiger partial charge in [-0.3, -0.25) is 14.9 Å². The average Bonchev–Trinajstić information content (AvgIpc) is 2.69. The third-order valence-electron chi connectivity index (χ3n) is 4.39. The number of carbonyl (C=O) groups excluding carboxylic acids is 1. The maximum atomic E-state index is 12.5. The molecule has 0 radical (unpaired) electrons. The molecule has 28 heavy (non-hydrogen) atoms. The number of carbonyl (C=O) groups is 1. The highest BCUT2D eigenvalue weighted by Crippen LogP contribution is 2.26. The van der Waals surface area contributed by atoms with Crippen LogP contribution in [0, 0.1) is 10.1 Å². The van der Waals surface area contributed by atoms with Crippen LogP contribution in [0.4, 0.5) is 17.1 Å². The quantitative estimate of drug-likeness (QED) is 0.490. The first-order chi connectivity index (χ1) is 13.5. The first kappa shape index (κ1) is 19.1. The highest BCUT2D eigenvalue weighted by molar-refractivity contribution is 5.96. The number of nitro groups is 1. The lowest BCUT2D eigenvalue weighted by molar-refractivity contribution is -0.385. The first-order valence-electron chi connectivity index (χ1n) is 8.91. The highest BCUT2D eigenvalue weighted by atomic mass is 16.6. The van der Waals surface area contributed by atoms with E-state index in [0.29, 0.717) is 17.8 Å². The van der Waals surface area contributed by atoms with Crippen LogP contribution in [0.15, 0.2) is 78.9 Å². The number of amides is 1. The zero-order valence-electron chi connectivity index (χ0n) is 15.5. The Kier molecular flexibility index (Phi) is 6.01. The van der Waals surface area contributed by atoms with E-state index in [0.717, 1.165) is 11.3 Å². The molecule has 3 aromatic rings. The minimum atomic E-state index is -0.468. The van der Waals surface area contributed by atoms with E-state index in [1.807, 2.05) is 61.6 Å². The SMILES string of the molecule is CN(Cc1ccccc1)c1ccccc1NC(=O)Cc1ccccc1[N+](=O)[O-]. The van der Waals surface area contributed by atoms with Crippen LogP contribution in [0.3, 0.4) is 0 Å². The van der Waals surface area contributed by atoms with E-state index in [1.54, 1.807) is 18.2 Å². The van der Waals surface area contributed by atoms with Gasteiger partial charge in [0.1, 0.15) is 0 Å². The number of benzene rings is 3. The number of rotatable bonds is 7. The molecule has 0 bridgehead atoms. The van der Waals surface area contributed by atoms with E-state index in [1.165, 1.54) is 6.07 Å². The van der Waals surface area contributed by atoms with Gasteiger partial charge in [0.05, 0.1) is 22.7 Å². The van der Waals surface area contributed by atoms with Gasteiger partial charge in [-0.1, -0.05) is 60.7 Å². The summed E-state index contributed by atoms with van der Waals surface area (Å²) in [7, 11) is 1.96. The number of nitro benzene ring substituents is 1. The predicted molar refractivity (Wildman–Crippen MR) is 110 cm³/mol. The fourth-order valence-corrected chi connectivity index (χ4v) is 3.06. The minimum Gasteiger partial charge on any atom is -0.369 e. The molecule has 0 spiro atoms. The molecule has 0 aliphatic heterocycles. The summed E-state index contributed by atoms with van der Waals surface area (Å²) in [6.07, 6.45) is -0.0616. The summed E-state index contributed by atoms with van der Waals surface area (Å²) in [5.41, 5.74) is 3.05. The first-order valence-corrected chi connectivity index (χ1v) is 8.91. The van der Waals surface area contributed by atoms with E-state index in [-0.39, 0.29) is 18.0 Å². The molecule has 0 saturated heterocycles. The lowest BCUT2D eigenvalue weighted by Crippen LogP contribution is -2.21. The normalized spacial score (nSPS) is 10.3. The van der Waals surface area contributed by atoms with Crippen molar-refractivity contribution in [3.05, 3.63) is 100 Å². The smallest absolute Gasteiger partial charge is 0.273 e. The van der Waals surface area contributed by atoms with Crippen LogP contribution < -0.4 is 10.2 Å². The lowest BCUT2D eigenvalue weighted by Gasteiger charge is -2.23. The molecule has 0 saturated carbocycles. The molecule has 0 aromatic heterocycles. The van der Waals surface area contributed by atoms with Crippen LogP contribution in [0.1, 0.15) is 11.1 Å². The molecule has 1 amide bonds. The van der Waals surface area contributed by atoms with Crippen molar-refractivity contribution in [2.45, 2.75) is 13.0 Å². The van der Waals surface area contributed by atoms with Crippen LogP contribution in [-0.2, 0) is 17.8 Å². The predicted octanol–water partition coefficient (Wildman–Crippen LogP) is 4.41. The Morgan fingerprint density at radius 3 is 2.36 bits per heavy atom. The fraction of sp³-hybridized carbons (Fsp3) is 0.136. The Morgan fingerprint density at radius 1 is 0.964 bits per heavy atom. The van der Waals surface area contributed by atoms with E-state index in [9.17, 15) is 14.9 Å². The summed E-state index contributed by atoms with van der Waals surface area (Å²) in [6, 6.07) is 23.9. The molecule has 6 nitrogen and oxygen atoms in total. The Balaban J connectivity index is 1.74. The number of anilines is 2. The third kappa shape index (κ3) is 4.73. The Hall–Kier alpha value is -3.67. The summed E-state index contributed by atoms with van der Waals surface area (Å²) < 4.78 is 0. The Morgan fingerprint density at radius 2 is 1.61 bits per heavy atom. The molecule has 0 heterocycles. The summed E-state index contributed by atoms with van der Waals surface area (Å²) in [6.45, 7) is 0.692. The Bertz CT molecular complexity index is 974. The molecular formula is C22H21N3O3. The van der Waals surface area contributed by atoms with Gasteiger partial charge in [-0.25, -0.2) is 0 Å². The van der Waals surface area contributed by atoms with Gasteiger partial charge < -0.3 is 10.2 Å². The topological polar surface area (TPSA) is 75.5 Å². The van der Waals surface area contributed by atoms with E-state index in [2.05, 4.69) is 10.2 Å². The number of hydrogen-bond acceptors (Lipinski definition) is 4. The van der Waals surface area contributed by atoms with Crippen LogP contribution in [0.2, 0.25) is 0 Å². The monoisotopic (exact) mass is 375 g/mol. The van der Waals surface area contributed by atoms with Gasteiger partial charge in [0.2, 0.25) is 5.91 Å². The molecule has 1 N–H and O–H groups in total. The summed E-state index contributed by atoms with van der Waals surface area (Å²) in [5.74, 6) is -0.296. The molecule has 0 unspecified atom stereocenters. The second-order valence-electron chi connectivity index (χ2n) is 6.47. The van der Waals surface area contributed by atoms with Crippen LogP contribution in [0.25, 0.3) is 0 Å². The zero-order valence-corrected chi connectivity index (χ0v) is 15.5. The number of nitrogens with one attached hydrogen (secondary N) is 1.